The van der Waals surface area contributed by atoms with Crippen LogP contribution in [0.5, 0.6) is 5.75 Å². The number of rotatable bonds is 2. The van der Waals surface area contributed by atoms with E-state index in [9.17, 15) is 0 Å². The first kappa shape index (κ1) is 8.43. The van der Waals surface area contributed by atoms with E-state index >= 15 is 0 Å². The molecule has 0 unspecified atom stereocenters. The fourth-order valence-corrected chi connectivity index (χ4v) is 1.04. The molecular weight excluding hydrogens is 158 g/mol. The number of benzene rings is 1. The van der Waals surface area contributed by atoms with Crippen LogP contribution >= 0.6 is 12.2 Å². The molecule has 1 aromatic rings. The van der Waals surface area contributed by atoms with Crippen molar-refractivity contribution in [3.05, 3.63) is 29.3 Å². The molecule has 0 atom stereocenters. The van der Waals surface area contributed by atoms with Gasteiger partial charge in [0.2, 0.25) is 0 Å². The predicted molar refractivity (Wildman–Crippen MR) is 48.3 cm³/mol. The summed E-state index contributed by atoms with van der Waals surface area (Å²) in [5, 5.41) is 5.14. The maximum absolute atomic E-state index is 5.14. The normalized spacial score (nSPS) is 9.73. The third-order valence-corrected chi connectivity index (χ3v) is 1.91. The van der Waals surface area contributed by atoms with Crippen LogP contribution in [0.25, 0.3) is 0 Å². The summed E-state index contributed by atoms with van der Waals surface area (Å²) in [6.45, 7) is 4.11. The summed E-state index contributed by atoms with van der Waals surface area (Å²) < 4.78 is 5.04. The lowest BCUT2D eigenvalue weighted by atomic mass is 10.1. The van der Waals surface area contributed by atoms with Gasteiger partial charge in [0.25, 0.3) is 0 Å². The SMILES string of the molecule is Cc1ccc(OSN)cc1C. The van der Waals surface area contributed by atoms with Crippen molar-refractivity contribution < 1.29 is 4.18 Å². The van der Waals surface area contributed by atoms with Crippen LogP contribution in [-0.2, 0) is 0 Å². The van der Waals surface area contributed by atoms with Crippen LogP contribution in [0.3, 0.4) is 0 Å². The molecule has 0 heterocycles. The van der Waals surface area contributed by atoms with Crippen molar-refractivity contribution in [3.8, 4) is 5.75 Å². The predicted octanol–water partition coefficient (Wildman–Crippen LogP) is 2.20. The molecule has 2 nitrogen and oxygen atoms in total. The standard InChI is InChI=1S/C8H11NOS/c1-6-3-4-8(10-11-9)5-7(6)2/h3-5H,9H2,1-2H3. The van der Waals surface area contributed by atoms with Crippen molar-refractivity contribution >= 4 is 12.2 Å². The van der Waals surface area contributed by atoms with Gasteiger partial charge >= 0.3 is 0 Å². The second kappa shape index (κ2) is 3.64. The highest BCUT2D eigenvalue weighted by Crippen LogP contribution is 2.18. The Balaban J connectivity index is 2.86. The molecule has 2 N–H and O–H groups in total. The lowest BCUT2D eigenvalue weighted by Gasteiger charge is -2.02. The topological polar surface area (TPSA) is 35.2 Å². The summed E-state index contributed by atoms with van der Waals surface area (Å²) in [5.41, 5.74) is 2.48. The molecule has 0 spiro atoms. The van der Waals surface area contributed by atoms with Crippen molar-refractivity contribution in [2.45, 2.75) is 13.8 Å². The number of nitrogens with two attached hydrogens (primary N) is 1. The van der Waals surface area contributed by atoms with Gasteiger partial charge in [-0.3, -0.25) is 0 Å². The van der Waals surface area contributed by atoms with Gasteiger partial charge in [0.15, 0.2) is 0 Å². The van der Waals surface area contributed by atoms with E-state index in [0.717, 1.165) is 18.0 Å². The van der Waals surface area contributed by atoms with E-state index < -0.39 is 0 Å². The smallest absolute Gasteiger partial charge is 0.140 e. The molecule has 11 heavy (non-hydrogen) atoms. The maximum Gasteiger partial charge on any atom is 0.140 e. The van der Waals surface area contributed by atoms with Crippen molar-refractivity contribution in [1.29, 1.82) is 0 Å². The zero-order chi connectivity index (χ0) is 8.27. The molecule has 0 amide bonds. The second-order valence-corrected chi connectivity index (χ2v) is 2.78. The summed E-state index contributed by atoms with van der Waals surface area (Å²) in [4.78, 5) is 0. The lowest BCUT2D eigenvalue weighted by Crippen LogP contribution is -1.88. The van der Waals surface area contributed by atoms with Gasteiger partial charge in [-0.2, -0.15) is 0 Å². The van der Waals surface area contributed by atoms with Crippen LogP contribution in [0.15, 0.2) is 18.2 Å². The maximum atomic E-state index is 5.14. The van der Waals surface area contributed by atoms with Crippen molar-refractivity contribution in [3.63, 3.8) is 0 Å². The van der Waals surface area contributed by atoms with Crippen LogP contribution in [0, 0.1) is 13.8 Å². The average molecular weight is 169 g/mol. The van der Waals surface area contributed by atoms with Gasteiger partial charge in [0.05, 0.1) is 0 Å². The summed E-state index contributed by atoms with van der Waals surface area (Å²) >= 11 is 0.869. The molecule has 0 aliphatic heterocycles. The van der Waals surface area contributed by atoms with Crippen LogP contribution in [0.4, 0.5) is 0 Å². The van der Waals surface area contributed by atoms with E-state index in [1.807, 2.05) is 25.1 Å². The molecule has 3 heteroatoms. The second-order valence-electron chi connectivity index (χ2n) is 2.43. The minimum absolute atomic E-state index is 0.806. The monoisotopic (exact) mass is 169 g/mol. The van der Waals surface area contributed by atoms with Gasteiger partial charge in [-0.25, -0.2) is 5.14 Å². The Morgan fingerprint density at radius 1 is 1.27 bits per heavy atom. The number of hydrogen-bond donors (Lipinski definition) is 1. The van der Waals surface area contributed by atoms with E-state index in [0.29, 0.717) is 0 Å². The van der Waals surface area contributed by atoms with Gasteiger partial charge in [-0.05, 0) is 37.1 Å². The van der Waals surface area contributed by atoms with Crippen LogP contribution in [0.1, 0.15) is 11.1 Å². The third-order valence-electron chi connectivity index (χ3n) is 1.62. The molecule has 0 fully saturated rings. The first-order valence-corrected chi connectivity index (χ1v) is 4.15. The highest BCUT2D eigenvalue weighted by Gasteiger charge is 1.95. The lowest BCUT2D eigenvalue weighted by molar-refractivity contribution is 0.646. The number of aryl methyl sites for hydroxylation is 2. The Labute approximate surface area is 71.1 Å². The van der Waals surface area contributed by atoms with E-state index in [2.05, 4.69) is 6.92 Å². The Hall–Kier alpha value is -0.670. The highest BCUT2D eigenvalue weighted by molar-refractivity contribution is 7.92. The summed E-state index contributed by atoms with van der Waals surface area (Å²) in [5.74, 6) is 0.806. The molecule has 0 aliphatic rings. The highest BCUT2D eigenvalue weighted by atomic mass is 32.2. The summed E-state index contributed by atoms with van der Waals surface area (Å²) in [6.07, 6.45) is 0. The van der Waals surface area contributed by atoms with E-state index in [4.69, 9.17) is 9.32 Å². The summed E-state index contributed by atoms with van der Waals surface area (Å²) in [6, 6.07) is 5.89. The van der Waals surface area contributed by atoms with Gasteiger partial charge in [0.1, 0.15) is 18.0 Å². The van der Waals surface area contributed by atoms with E-state index in [1.165, 1.54) is 11.1 Å². The zero-order valence-corrected chi connectivity index (χ0v) is 7.44. The van der Waals surface area contributed by atoms with Gasteiger partial charge in [-0.1, -0.05) is 6.07 Å². The molecule has 0 aliphatic carbocycles. The van der Waals surface area contributed by atoms with E-state index in [1.54, 1.807) is 0 Å². The zero-order valence-electron chi connectivity index (χ0n) is 6.63. The molecule has 1 aromatic carbocycles. The molecule has 0 saturated carbocycles. The number of hydrogen-bond acceptors (Lipinski definition) is 3. The van der Waals surface area contributed by atoms with Gasteiger partial charge in [-0.15, -0.1) is 0 Å². The van der Waals surface area contributed by atoms with Crippen LogP contribution < -0.4 is 9.32 Å². The third kappa shape index (κ3) is 2.13. The molecule has 1 rings (SSSR count). The Bertz CT molecular complexity index is 250. The average Bonchev–Trinajstić information content (AvgIpc) is 1.98. The molecule has 0 bridgehead atoms. The Kier molecular flexibility index (Phi) is 2.79. The first-order valence-electron chi connectivity index (χ1n) is 3.34. The van der Waals surface area contributed by atoms with Crippen LogP contribution in [0.2, 0.25) is 0 Å². The fraction of sp³-hybridized carbons (Fsp3) is 0.250. The van der Waals surface area contributed by atoms with Crippen LogP contribution in [-0.4, -0.2) is 0 Å². The fourth-order valence-electron chi connectivity index (χ4n) is 0.821. The molecule has 0 saturated heterocycles. The van der Waals surface area contributed by atoms with Gasteiger partial charge in [0, 0.05) is 0 Å². The minimum Gasteiger partial charge on any atom is -0.410 e. The molecular formula is C8H11NOS. The van der Waals surface area contributed by atoms with Crippen molar-refractivity contribution in [1.82, 2.24) is 0 Å². The molecule has 0 aromatic heterocycles. The van der Waals surface area contributed by atoms with Crippen molar-refractivity contribution in [2.24, 2.45) is 5.14 Å². The van der Waals surface area contributed by atoms with E-state index in [-0.39, 0.29) is 0 Å². The summed E-state index contributed by atoms with van der Waals surface area (Å²) in [7, 11) is 0. The Morgan fingerprint density at radius 3 is 2.55 bits per heavy atom. The largest absolute Gasteiger partial charge is 0.410 e. The quantitative estimate of drug-likeness (QED) is 0.544. The molecule has 60 valence electrons. The first-order chi connectivity index (χ1) is 5.24. The minimum atomic E-state index is 0.806. The van der Waals surface area contributed by atoms with Gasteiger partial charge < -0.3 is 4.18 Å². The Morgan fingerprint density at radius 2 is 2.00 bits per heavy atom. The van der Waals surface area contributed by atoms with Crippen molar-refractivity contribution in [2.75, 3.05) is 0 Å². The molecule has 0 radical (unpaired) electrons.